The lowest BCUT2D eigenvalue weighted by Gasteiger charge is -2.40. The van der Waals surface area contributed by atoms with Gasteiger partial charge in [0.2, 0.25) is 5.91 Å². The lowest BCUT2D eigenvalue weighted by Crippen LogP contribution is -2.60. The largest absolute Gasteiger partial charge is 0.394 e. The first kappa shape index (κ1) is 53.4. The quantitative estimate of drug-likeness (QED) is 0.0239. The van der Waals surface area contributed by atoms with Gasteiger partial charge in [0, 0.05) is 0 Å². The van der Waals surface area contributed by atoms with Crippen LogP contribution in [0.2, 0.25) is 0 Å². The zero-order chi connectivity index (χ0) is 41.8. The topological polar surface area (TPSA) is 169 Å². The normalized spacial score (nSPS) is 21.9. The molecular formula is C47H87NO9. The van der Waals surface area contributed by atoms with Gasteiger partial charge >= 0.3 is 0 Å². The van der Waals surface area contributed by atoms with E-state index in [1.54, 1.807) is 6.08 Å². The van der Waals surface area contributed by atoms with Crippen molar-refractivity contribution < 1.29 is 44.9 Å². The number of hydrogen-bond acceptors (Lipinski definition) is 9. The highest BCUT2D eigenvalue weighted by molar-refractivity contribution is 5.80. The summed E-state index contributed by atoms with van der Waals surface area (Å²) in [5.41, 5.74) is 0. The number of nitrogens with one attached hydrogen (secondary N) is 1. The molecule has 10 heteroatoms. The van der Waals surface area contributed by atoms with Gasteiger partial charge in [0.25, 0.3) is 0 Å². The number of unbranched alkanes of at least 4 members (excludes halogenated alkanes) is 23. The van der Waals surface area contributed by atoms with Crippen LogP contribution in [-0.4, -0.2) is 98.7 Å². The van der Waals surface area contributed by atoms with E-state index in [0.29, 0.717) is 19.3 Å². The van der Waals surface area contributed by atoms with E-state index in [-0.39, 0.29) is 6.61 Å². The number of allylic oxidation sites excluding steroid dienone is 5. The molecule has 0 radical (unpaired) electrons. The van der Waals surface area contributed by atoms with Crippen molar-refractivity contribution in [3.63, 3.8) is 0 Å². The Bertz CT molecular complexity index is 1010. The summed E-state index contributed by atoms with van der Waals surface area (Å²) < 4.78 is 11.1. The van der Waals surface area contributed by atoms with E-state index in [1.807, 2.05) is 6.08 Å². The standard InChI is InChI=1S/C47H87NO9/c1-3-5-7-9-11-13-15-17-18-19-20-21-22-23-24-26-28-30-32-34-36-41(51)46(55)48-39(38-56-47-45(54)44(53)43(52)42(37-49)57-47)40(50)35-33-31-29-27-25-16-14-12-10-8-6-4-2/h21-22,25,27,33,35,39-45,47,49-54H,3-20,23-24,26,28-32,34,36-38H2,1-2H3,(H,48,55)/b22-21-,27-25+,35-33+. The summed E-state index contributed by atoms with van der Waals surface area (Å²) in [5.74, 6) is -0.632. The van der Waals surface area contributed by atoms with E-state index in [4.69, 9.17) is 9.47 Å². The highest BCUT2D eigenvalue weighted by Crippen LogP contribution is 2.22. The zero-order valence-electron chi connectivity index (χ0n) is 36.2. The Morgan fingerprint density at radius 2 is 1.04 bits per heavy atom. The minimum atomic E-state index is -1.62. The fourth-order valence-electron chi connectivity index (χ4n) is 7.17. The summed E-state index contributed by atoms with van der Waals surface area (Å²) in [7, 11) is 0. The maximum atomic E-state index is 13.0. The number of rotatable bonds is 38. The second-order valence-electron chi connectivity index (χ2n) is 16.3. The summed E-state index contributed by atoms with van der Waals surface area (Å²) in [6.07, 6.45) is 35.2. The van der Waals surface area contributed by atoms with E-state index >= 15 is 0 Å². The predicted molar refractivity (Wildman–Crippen MR) is 232 cm³/mol. The van der Waals surface area contributed by atoms with Gasteiger partial charge in [-0.25, -0.2) is 0 Å². The number of amides is 1. The number of carbonyl (C=O) groups excluding carboxylic acids is 1. The second-order valence-corrected chi connectivity index (χ2v) is 16.3. The fourth-order valence-corrected chi connectivity index (χ4v) is 7.17. The molecular weight excluding hydrogens is 723 g/mol. The Kier molecular flexibility index (Phi) is 35.0. The predicted octanol–water partition coefficient (Wildman–Crippen LogP) is 8.64. The molecule has 0 spiro atoms. The van der Waals surface area contributed by atoms with Crippen molar-refractivity contribution >= 4 is 5.91 Å². The molecule has 1 fully saturated rings. The minimum absolute atomic E-state index is 0.296. The van der Waals surface area contributed by atoms with E-state index in [1.165, 1.54) is 122 Å². The lowest BCUT2D eigenvalue weighted by molar-refractivity contribution is -0.302. The van der Waals surface area contributed by atoms with Gasteiger partial charge < -0.3 is 45.4 Å². The molecule has 1 rings (SSSR count). The van der Waals surface area contributed by atoms with E-state index in [2.05, 4.69) is 43.5 Å². The third kappa shape index (κ3) is 27.7. The van der Waals surface area contributed by atoms with Crippen molar-refractivity contribution in [1.82, 2.24) is 5.32 Å². The highest BCUT2D eigenvalue weighted by Gasteiger charge is 2.44. The van der Waals surface area contributed by atoms with Crippen molar-refractivity contribution in [3.05, 3.63) is 36.5 Å². The second kappa shape index (κ2) is 37.4. The monoisotopic (exact) mass is 810 g/mol. The first-order valence-corrected chi connectivity index (χ1v) is 23.3. The van der Waals surface area contributed by atoms with Crippen molar-refractivity contribution in [2.75, 3.05) is 13.2 Å². The highest BCUT2D eigenvalue weighted by atomic mass is 16.7. The number of hydrogen-bond donors (Lipinski definition) is 7. The van der Waals surface area contributed by atoms with Crippen LogP contribution in [0.25, 0.3) is 0 Å². The van der Waals surface area contributed by atoms with Crippen LogP contribution in [0.3, 0.4) is 0 Å². The molecule has 0 bridgehead atoms. The van der Waals surface area contributed by atoms with Crippen LogP contribution in [0.15, 0.2) is 36.5 Å². The van der Waals surface area contributed by atoms with Crippen molar-refractivity contribution in [2.45, 2.75) is 243 Å². The van der Waals surface area contributed by atoms with Crippen molar-refractivity contribution in [1.29, 1.82) is 0 Å². The Hall–Kier alpha value is -1.63. The number of carbonyl (C=O) groups is 1. The SMILES string of the molecule is CCCCCCCC/C=C/CC/C=C/C(O)C(COC1OC(CO)C(O)C(O)C1O)NC(=O)C(O)CCCCCCCC/C=C\CCCCCCCCCCCC. The molecule has 0 saturated carbocycles. The number of ether oxygens (including phenoxy) is 2. The lowest BCUT2D eigenvalue weighted by atomic mass is 9.99. The molecule has 0 aromatic carbocycles. The van der Waals surface area contributed by atoms with E-state index in [0.717, 1.165) is 38.5 Å². The summed E-state index contributed by atoms with van der Waals surface area (Å²) in [5, 5.41) is 64.5. The Morgan fingerprint density at radius 1 is 0.596 bits per heavy atom. The van der Waals surface area contributed by atoms with Crippen LogP contribution in [0.5, 0.6) is 0 Å². The molecule has 57 heavy (non-hydrogen) atoms. The average Bonchev–Trinajstić information content (AvgIpc) is 3.21. The summed E-state index contributed by atoms with van der Waals surface area (Å²) in [4.78, 5) is 13.0. The van der Waals surface area contributed by atoms with Crippen LogP contribution >= 0.6 is 0 Å². The fraction of sp³-hybridized carbons (Fsp3) is 0.851. The van der Waals surface area contributed by atoms with Gasteiger partial charge in [0.05, 0.1) is 25.4 Å². The molecule has 1 amide bonds. The number of aliphatic hydroxyl groups is 6. The van der Waals surface area contributed by atoms with Gasteiger partial charge in [-0.2, -0.15) is 0 Å². The van der Waals surface area contributed by atoms with Gasteiger partial charge in [0.1, 0.15) is 30.5 Å². The molecule has 0 aromatic heterocycles. The van der Waals surface area contributed by atoms with E-state index < -0.39 is 61.5 Å². The Morgan fingerprint density at radius 3 is 1.53 bits per heavy atom. The molecule has 0 aliphatic carbocycles. The van der Waals surface area contributed by atoms with Gasteiger partial charge in [-0.1, -0.05) is 172 Å². The molecule has 1 aliphatic heterocycles. The first-order valence-electron chi connectivity index (χ1n) is 23.3. The van der Waals surface area contributed by atoms with Gasteiger partial charge in [-0.05, 0) is 57.8 Å². The van der Waals surface area contributed by atoms with Crippen LogP contribution in [0, 0.1) is 0 Å². The van der Waals surface area contributed by atoms with E-state index in [9.17, 15) is 35.4 Å². The third-order valence-electron chi connectivity index (χ3n) is 11.0. The molecule has 10 nitrogen and oxygen atoms in total. The van der Waals surface area contributed by atoms with Gasteiger partial charge in [0.15, 0.2) is 6.29 Å². The summed E-state index contributed by atoms with van der Waals surface area (Å²) in [6.45, 7) is 3.56. The molecule has 1 heterocycles. The summed E-state index contributed by atoms with van der Waals surface area (Å²) in [6, 6.07) is -0.997. The van der Waals surface area contributed by atoms with Crippen LogP contribution < -0.4 is 5.32 Å². The van der Waals surface area contributed by atoms with Crippen LogP contribution in [0.1, 0.15) is 194 Å². The van der Waals surface area contributed by atoms with Crippen LogP contribution in [0.4, 0.5) is 0 Å². The van der Waals surface area contributed by atoms with Crippen molar-refractivity contribution in [3.8, 4) is 0 Å². The maximum absolute atomic E-state index is 13.0. The van der Waals surface area contributed by atoms with Gasteiger partial charge in [-0.3, -0.25) is 4.79 Å². The smallest absolute Gasteiger partial charge is 0.249 e. The van der Waals surface area contributed by atoms with Crippen molar-refractivity contribution in [2.24, 2.45) is 0 Å². The molecule has 8 unspecified atom stereocenters. The third-order valence-corrected chi connectivity index (χ3v) is 11.0. The molecule has 8 atom stereocenters. The first-order chi connectivity index (χ1) is 27.8. The number of aliphatic hydroxyl groups excluding tert-OH is 6. The zero-order valence-corrected chi connectivity index (χ0v) is 36.2. The van der Waals surface area contributed by atoms with Crippen LogP contribution in [-0.2, 0) is 14.3 Å². The molecule has 1 aliphatic rings. The molecule has 334 valence electrons. The summed E-state index contributed by atoms with van der Waals surface area (Å²) >= 11 is 0. The molecule has 1 saturated heterocycles. The Labute approximate surface area is 347 Å². The minimum Gasteiger partial charge on any atom is -0.394 e. The molecule has 0 aromatic rings. The van der Waals surface area contributed by atoms with Gasteiger partial charge in [-0.15, -0.1) is 0 Å². The molecule has 7 N–H and O–H groups in total. The average molecular weight is 810 g/mol. The Balaban J connectivity index is 2.39. The maximum Gasteiger partial charge on any atom is 0.249 e.